The summed E-state index contributed by atoms with van der Waals surface area (Å²) in [7, 11) is 0.773. The summed E-state index contributed by atoms with van der Waals surface area (Å²) in [6.45, 7) is -0.853. The van der Waals surface area contributed by atoms with Gasteiger partial charge < -0.3 is 15.2 Å². The van der Waals surface area contributed by atoms with Crippen LogP contribution in [0.2, 0.25) is 0 Å². The number of rotatable bonds is 3. The van der Waals surface area contributed by atoms with Crippen molar-refractivity contribution in [2.75, 3.05) is 7.11 Å². The summed E-state index contributed by atoms with van der Waals surface area (Å²) in [4.78, 5) is 14.4. The Bertz CT molecular complexity index is 541. The molecule has 0 aliphatic heterocycles. The minimum atomic E-state index is -5.19. The SMILES string of the molecule is COC(=O)c1cc(OC(F)(F)F)nc(CN)c1C(F)(F)F. The van der Waals surface area contributed by atoms with Crippen LogP contribution in [0.3, 0.4) is 0 Å². The molecule has 0 fully saturated rings. The molecule has 1 heterocycles. The van der Waals surface area contributed by atoms with Crippen LogP contribution in [0.5, 0.6) is 5.88 Å². The highest BCUT2D eigenvalue weighted by Gasteiger charge is 2.40. The Labute approximate surface area is 113 Å². The van der Waals surface area contributed by atoms with Crippen LogP contribution in [0.1, 0.15) is 21.6 Å². The molecule has 0 saturated heterocycles. The van der Waals surface area contributed by atoms with Crippen molar-refractivity contribution in [3.05, 3.63) is 22.9 Å². The van der Waals surface area contributed by atoms with E-state index in [0.717, 1.165) is 7.11 Å². The van der Waals surface area contributed by atoms with E-state index in [1.54, 1.807) is 0 Å². The molecule has 0 aliphatic carbocycles. The number of methoxy groups -OCH3 is 1. The summed E-state index contributed by atoms with van der Waals surface area (Å²) < 4.78 is 82.5. The molecular formula is C10H8F6N2O3. The second-order valence-corrected chi connectivity index (χ2v) is 3.57. The largest absolute Gasteiger partial charge is 0.574 e. The van der Waals surface area contributed by atoms with Gasteiger partial charge in [-0.05, 0) is 0 Å². The number of nitrogens with two attached hydrogens (primary N) is 1. The average Bonchev–Trinajstić information content (AvgIpc) is 2.33. The topological polar surface area (TPSA) is 74.4 Å². The Balaban J connectivity index is 3.54. The highest BCUT2D eigenvalue weighted by Crippen LogP contribution is 2.36. The van der Waals surface area contributed by atoms with Gasteiger partial charge in [0.15, 0.2) is 0 Å². The van der Waals surface area contributed by atoms with Crippen molar-refractivity contribution in [2.45, 2.75) is 19.1 Å². The lowest BCUT2D eigenvalue weighted by Crippen LogP contribution is -2.23. The van der Waals surface area contributed by atoms with Gasteiger partial charge >= 0.3 is 18.5 Å². The molecule has 0 saturated carbocycles. The van der Waals surface area contributed by atoms with Gasteiger partial charge in [0.05, 0.1) is 23.9 Å². The van der Waals surface area contributed by atoms with Crippen molar-refractivity contribution >= 4 is 5.97 Å². The van der Waals surface area contributed by atoms with E-state index in [1.165, 1.54) is 0 Å². The molecule has 0 bridgehead atoms. The van der Waals surface area contributed by atoms with Crippen LogP contribution in [0.25, 0.3) is 0 Å². The molecule has 0 spiro atoms. The predicted molar refractivity (Wildman–Crippen MR) is 55.2 cm³/mol. The first-order valence-corrected chi connectivity index (χ1v) is 5.15. The van der Waals surface area contributed by atoms with E-state index in [1.807, 2.05) is 0 Å². The maximum absolute atomic E-state index is 12.9. The minimum absolute atomic E-state index is 0.196. The Hall–Kier alpha value is -2.04. The quantitative estimate of drug-likeness (QED) is 0.683. The number of nitrogens with zero attached hydrogens (tertiary/aromatic N) is 1. The third kappa shape index (κ3) is 4.21. The average molecular weight is 318 g/mol. The smallest absolute Gasteiger partial charge is 0.465 e. The van der Waals surface area contributed by atoms with E-state index in [9.17, 15) is 31.1 Å². The Morgan fingerprint density at radius 1 is 1.29 bits per heavy atom. The number of aromatic nitrogens is 1. The van der Waals surface area contributed by atoms with Crippen LogP contribution >= 0.6 is 0 Å². The summed E-state index contributed by atoms with van der Waals surface area (Å²) in [5.74, 6) is -2.73. The highest BCUT2D eigenvalue weighted by molar-refractivity contribution is 5.91. The molecule has 0 aromatic carbocycles. The fourth-order valence-electron chi connectivity index (χ4n) is 1.48. The van der Waals surface area contributed by atoms with E-state index >= 15 is 0 Å². The second kappa shape index (κ2) is 5.76. The van der Waals surface area contributed by atoms with E-state index in [-0.39, 0.29) is 6.07 Å². The molecule has 5 nitrogen and oxygen atoms in total. The van der Waals surface area contributed by atoms with E-state index in [2.05, 4.69) is 14.5 Å². The minimum Gasteiger partial charge on any atom is -0.465 e. The molecule has 0 aliphatic rings. The lowest BCUT2D eigenvalue weighted by Gasteiger charge is -2.17. The summed E-state index contributed by atoms with van der Waals surface area (Å²) in [5.41, 5.74) is 1.34. The lowest BCUT2D eigenvalue weighted by molar-refractivity contribution is -0.276. The van der Waals surface area contributed by atoms with Crippen LogP contribution in [-0.2, 0) is 17.5 Å². The van der Waals surface area contributed by atoms with Crippen molar-refractivity contribution < 1.29 is 40.6 Å². The van der Waals surface area contributed by atoms with Crippen LogP contribution < -0.4 is 10.5 Å². The maximum Gasteiger partial charge on any atom is 0.574 e. The number of halogens is 6. The molecule has 0 amide bonds. The maximum atomic E-state index is 12.9. The van der Waals surface area contributed by atoms with Crippen LogP contribution in [-0.4, -0.2) is 24.4 Å². The first-order chi connectivity index (χ1) is 9.49. The molecule has 21 heavy (non-hydrogen) atoms. The predicted octanol–water partition coefficient (Wildman–Crippen LogP) is 2.24. The molecule has 118 valence electrons. The van der Waals surface area contributed by atoms with Gasteiger partial charge in [-0.25, -0.2) is 9.78 Å². The van der Waals surface area contributed by atoms with Gasteiger partial charge in [-0.3, -0.25) is 0 Å². The van der Waals surface area contributed by atoms with E-state index < -0.39 is 47.8 Å². The van der Waals surface area contributed by atoms with Gasteiger partial charge in [-0.15, -0.1) is 13.2 Å². The van der Waals surface area contributed by atoms with Crippen molar-refractivity contribution in [3.8, 4) is 5.88 Å². The van der Waals surface area contributed by atoms with Gasteiger partial charge in [-0.1, -0.05) is 0 Å². The van der Waals surface area contributed by atoms with E-state index in [0.29, 0.717) is 0 Å². The zero-order valence-corrected chi connectivity index (χ0v) is 10.3. The zero-order valence-electron chi connectivity index (χ0n) is 10.3. The van der Waals surface area contributed by atoms with Crippen molar-refractivity contribution in [3.63, 3.8) is 0 Å². The number of esters is 1. The third-order valence-corrected chi connectivity index (χ3v) is 2.17. The van der Waals surface area contributed by atoms with Crippen molar-refractivity contribution in [1.82, 2.24) is 4.98 Å². The Kier molecular flexibility index (Phi) is 4.66. The fraction of sp³-hybridized carbons (Fsp3) is 0.400. The van der Waals surface area contributed by atoms with E-state index in [4.69, 9.17) is 5.73 Å². The van der Waals surface area contributed by atoms with Crippen LogP contribution in [0.4, 0.5) is 26.3 Å². The molecule has 1 aromatic heterocycles. The summed E-state index contributed by atoms with van der Waals surface area (Å²) in [6.07, 6.45) is -10.2. The molecular weight excluding hydrogens is 310 g/mol. The molecule has 11 heteroatoms. The number of alkyl halides is 6. The van der Waals surface area contributed by atoms with Crippen molar-refractivity contribution in [1.29, 1.82) is 0 Å². The van der Waals surface area contributed by atoms with Crippen LogP contribution in [0.15, 0.2) is 6.07 Å². The standard InChI is InChI=1S/C10H8F6N2O3/c1-20-8(19)4-2-6(21-10(14,15)16)18-5(3-17)7(4)9(11,12)13/h2H,3,17H2,1H3. The monoisotopic (exact) mass is 318 g/mol. The molecule has 0 radical (unpaired) electrons. The van der Waals surface area contributed by atoms with Gasteiger partial charge in [0.2, 0.25) is 5.88 Å². The second-order valence-electron chi connectivity index (χ2n) is 3.57. The van der Waals surface area contributed by atoms with Gasteiger partial charge in [0.25, 0.3) is 0 Å². The zero-order chi connectivity index (χ0) is 16.4. The number of ether oxygens (including phenoxy) is 2. The summed E-state index contributed by atoms with van der Waals surface area (Å²) >= 11 is 0. The molecule has 2 N–H and O–H groups in total. The number of hydrogen-bond donors (Lipinski definition) is 1. The molecule has 1 rings (SSSR count). The van der Waals surface area contributed by atoms with Gasteiger partial charge in [-0.2, -0.15) is 13.2 Å². The normalized spacial score (nSPS) is 12.2. The molecule has 1 aromatic rings. The fourth-order valence-corrected chi connectivity index (χ4v) is 1.48. The first kappa shape index (κ1) is 17.0. The number of pyridine rings is 1. The van der Waals surface area contributed by atoms with Crippen molar-refractivity contribution in [2.24, 2.45) is 5.73 Å². The highest BCUT2D eigenvalue weighted by atomic mass is 19.4. The third-order valence-electron chi connectivity index (χ3n) is 2.17. The van der Waals surface area contributed by atoms with Gasteiger partial charge in [0, 0.05) is 12.6 Å². The first-order valence-electron chi connectivity index (χ1n) is 5.15. The molecule has 0 atom stereocenters. The Morgan fingerprint density at radius 3 is 2.24 bits per heavy atom. The summed E-state index contributed by atoms with van der Waals surface area (Å²) in [6, 6.07) is 0.196. The number of hydrogen-bond acceptors (Lipinski definition) is 5. The number of carbonyl (C=O) groups is 1. The van der Waals surface area contributed by atoms with Gasteiger partial charge in [0.1, 0.15) is 0 Å². The molecule has 0 unspecified atom stereocenters. The summed E-state index contributed by atoms with van der Waals surface area (Å²) in [5, 5.41) is 0. The Morgan fingerprint density at radius 2 is 1.86 bits per heavy atom. The lowest BCUT2D eigenvalue weighted by atomic mass is 10.1. The number of carbonyl (C=O) groups excluding carboxylic acids is 1. The van der Waals surface area contributed by atoms with Crippen LogP contribution in [0, 0.1) is 0 Å².